The van der Waals surface area contributed by atoms with E-state index in [1.807, 2.05) is 6.08 Å². The average Bonchev–Trinajstić information content (AvgIpc) is 3.14. The van der Waals surface area contributed by atoms with E-state index in [4.69, 9.17) is 9.47 Å². The zero-order valence-corrected chi connectivity index (χ0v) is 33.2. The third-order valence-electron chi connectivity index (χ3n) is 10.5. The molecule has 0 aromatic heterocycles. The van der Waals surface area contributed by atoms with Crippen molar-refractivity contribution in [3.63, 3.8) is 0 Å². The van der Waals surface area contributed by atoms with E-state index >= 15 is 0 Å². The lowest BCUT2D eigenvalue weighted by Crippen LogP contribution is -2.60. The quantitative estimate of drug-likeness (QED) is 0.0264. The molecule has 0 radical (unpaired) electrons. The summed E-state index contributed by atoms with van der Waals surface area (Å²) in [5, 5.41) is 64.5. The Morgan fingerprint density at radius 1 is 0.654 bits per heavy atom. The minimum absolute atomic E-state index is 0.302. The summed E-state index contributed by atoms with van der Waals surface area (Å²) in [5.74, 6) is -0.616. The van der Waals surface area contributed by atoms with Gasteiger partial charge in [0.25, 0.3) is 0 Å². The molecule has 0 saturated carbocycles. The fraction of sp³-hybridized carbons (Fsp3) is 0.929. The second-order valence-corrected chi connectivity index (χ2v) is 15.3. The van der Waals surface area contributed by atoms with Crippen LogP contribution in [-0.2, 0) is 14.3 Å². The zero-order valence-electron chi connectivity index (χ0n) is 33.2. The Morgan fingerprint density at radius 2 is 1.10 bits per heavy atom. The van der Waals surface area contributed by atoms with E-state index in [-0.39, 0.29) is 6.61 Å². The number of ether oxygens (including phenoxy) is 2. The number of hydrogen-bond donors (Lipinski definition) is 7. The first-order chi connectivity index (χ1) is 25.3. The molecule has 10 heteroatoms. The number of aliphatic hydroxyl groups is 6. The van der Waals surface area contributed by atoms with Crippen molar-refractivity contribution in [2.24, 2.45) is 0 Å². The Kier molecular flexibility index (Phi) is 31.3. The number of carbonyl (C=O) groups is 1. The molecule has 10 nitrogen and oxygen atoms in total. The minimum atomic E-state index is -1.61. The molecule has 1 saturated heterocycles. The van der Waals surface area contributed by atoms with Crippen LogP contribution >= 0.6 is 0 Å². The van der Waals surface area contributed by atoms with E-state index in [9.17, 15) is 35.4 Å². The fourth-order valence-corrected chi connectivity index (χ4v) is 6.87. The monoisotopic (exact) mass is 744 g/mol. The number of carbonyl (C=O) groups excluding carboxylic acids is 1. The molecule has 0 spiro atoms. The molecule has 0 bridgehead atoms. The zero-order chi connectivity index (χ0) is 38.2. The molecule has 52 heavy (non-hydrogen) atoms. The van der Waals surface area contributed by atoms with Gasteiger partial charge in [-0.2, -0.15) is 0 Å². The number of hydrogen-bond acceptors (Lipinski definition) is 9. The lowest BCUT2D eigenvalue weighted by Gasteiger charge is -2.40. The summed E-state index contributed by atoms with van der Waals surface area (Å²) in [6.45, 7) is 3.59. The van der Waals surface area contributed by atoms with E-state index in [0.717, 1.165) is 44.9 Å². The van der Waals surface area contributed by atoms with Crippen LogP contribution in [0.1, 0.15) is 187 Å². The average molecular weight is 744 g/mol. The molecule has 308 valence electrons. The molecule has 1 aliphatic heterocycles. The second kappa shape index (κ2) is 33.2. The minimum Gasteiger partial charge on any atom is -0.394 e. The molecule has 1 amide bonds. The Balaban J connectivity index is 2.46. The van der Waals surface area contributed by atoms with E-state index in [2.05, 4.69) is 19.2 Å². The number of rotatable bonds is 35. The molecule has 0 aromatic rings. The maximum absolute atomic E-state index is 13.0. The maximum Gasteiger partial charge on any atom is 0.249 e. The number of nitrogens with one attached hydrogen (secondary N) is 1. The van der Waals surface area contributed by atoms with Crippen molar-refractivity contribution < 1.29 is 44.9 Å². The molecule has 2 unspecified atom stereocenters. The van der Waals surface area contributed by atoms with Gasteiger partial charge < -0.3 is 45.4 Å². The van der Waals surface area contributed by atoms with Crippen molar-refractivity contribution in [2.45, 2.75) is 236 Å². The van der Waals surface area contributed by atoms with Gasteiger partial charge in [0.1, 0.15) is 30.5 Å². The number of unbranched alkanes of at least 4 members (excludes halogenated alkanes) is 24. The predicted octanol–water partition coefficient (Wildman–Crippen LogP) is 7.14. The molecule has 1 aliphatic rings. The largest absolute Gasteiger partial charge is 0.394 e. The molecule has 1 fully saturated rings. The van der Waals surface area contributed by atoms with E-state index in [0.29, 0.717) is 6.42 Å². The highest BCUT2D eigenvalue weighted by molar-refractivity contribution is 5.80. The van der Waals surface area contributed by atoms with Crippen molar-refractivity contribution in [2.75, 3.05) is 13.2 Å². The van der Waals surface area contributed by atoms with Gasteiger partial charge in [0, 0.05) is 0 Å². The summed E-state index contributed by atoms with van der Waals surface area (Å²) >= 11 is 0. The van der Waals surface area contributed by atoms with Crippen molar-refractivity contribution in [1.82, 2.24) is 5.32 Å². The molecule has 1 heterocycles. The first kappa shape index (κ1) is 48.9. The van der Waals surface area contributed by atoms with Crippen molar-refractivity contribution in [1.29, 1.82) is 0 Å². The van der Waals surface area contributed by atoms with Crippen LogP contribution in [0.2, 0.25) is 0 Å². The highest BCUT2D eigenvalue weighted by atomic mass is 16.7. The molecule has 0 aromatic carbocycles. The van der Waals surface area contributed by atoms with Gasteiger partial charge in [0.15, 0.2) is 6.29 Å². The maximum atomic E-state index is 13.0. The van der Waals surface area contributed by atoms with Crippen LogP contribution in [0, 0.1) is 0 Å². The van der Waals surface area contributed by atoms with Crippen LogP contribution in [0.25, 0.3) is 0 Å². The topological polar surface area (TPSA) is 169 Å². The Hall–Kier alpha value is -1.11. The number of allylic oxidation sites excluding steroid dienone is 1. The van der Waals surface area contributed by atoms with Crippen LogP contribution in [0.4, 0.5) is 0 Å². The van der Waals surface area contributed by atoms with Crippen LogP contribution in [0.3, 0.4) is 0 Å². The summed E-state index contributed by atoms with van der Waals surface area (Å²) in [6.07, 6.45) is 25.8. The van der Waals surface area contributed by atoms with Crippen molar-refractivity contribution in [3.8, 4) is 0 Å². The third-order valence-corrected chi connectivity index (χ3v) is 10.5. The van der Waals surface area contributed by atoms with Crippen LogP contribution in [0.5, 0.6) is 0 Å². The van der Waals surface area contributed by atoms with Gasteiger partial charge in [-0.3, -0.25) is 4.79 Å². The van der Waals surface area contributed by atoms with Gasteiger partial charge in [0.2, 0.25) is 5.91 Å². The molecule has 8 atom stereocenters. The number of aliphatic hydroxyl groups excluding tert-OH is 6. The predicted molar refractivity (Wildman–Crippen MR) is 209 cm³/mol. The van der Waals surface area contributed by atoms with E-state index < -0.39 is 61.5 Å². The molecule has 7 N–H and O–H groups in total. The highest BCUT2D eigenvalue weighted by Crippen LogP contribution is 2.23. The summed E-state index contributed by atoms with van der Waals surface area (Å²) in [4.78, 5) is 13.0. The third kappa shape index (κ3) is 23.6. The van der Waals surface area contributed by atoms with E-state index in [1.54, 1.807) is 6.08 Å². The summed E-state index contributed by atoms with van der Waals surface area (Å²) in [6, 6.07) is -0.973. The Labute approximate surface area is 317 Å². The highest BCUT2D eigenvalue weighted by Gasteiger charge is 2.44. The smallest absolute Gasteiger partial charge is 0.249 e. The first-order valence-corrected chi connectivity index (χ1v) is 21.5. The van der Waals surface area contributed by atoms with Gasteiger partial charge in [-0.15, -0.1) is 0 Å². The van der Waals surface area contributed by atoms with Gasteiger partial charge in [-0.25, -0.2) is 0 Å². The van der Waals surface area contributed by atoms with Crippen LogP contribution in [-0.4, -0.2) is 98.7 Å². The lowest BCUT2D eigenvalue weighted by atomic mass is 9.99. The normalized spacial score (nSPS) is 22.5. The lowest BCUT2D eigenvalue weighted by molar-refractivity contribution is -0.302. The summed E-state index contributed by atoms with van der Waals surface area (Å²) < 4.78 is 11.1. The molecule has 1 rings (SSSR count). The Morgan fingerprint density at radius 3 is 1.56 bits per heavy atom. The van der Waals surface area contributed by atoms with Gasteiger partial charge in [-0.05, 0) is 19.3 Å². The molecule has 0 aliphatic carbocycles. The van der Waals surface area contributed by atoms with Crippen LogP contribution < -0.4 is 5.32 Å². The second-order valence-electron chi connectivity index (χ2n) is 15.3. The molecular formula is C42H81NO9. The summed E-state index contributed by atoms with van der Waals surface area (Å²) in [7, 11) is 0. The van der Waals surface area contributed by atoms with Gasteiger partial charge in [0.05, 0.1) is 25.4 Å². The van der Waals surface area contributed by atoms with Crippen LogP contribution in [0.15, 0.2) is 12.2 Å². The van der Waals surface area contributed by atoms with Gasteiger partial charge >= 0.3 is 0 Å². The molecular weight excluding hydrogens is 662 g/mol. The fourth-order valence-electron chi connectivity index (χ4n) is 6.87. The Bertz CT molecular complexity index is 844. The van der Waals surface area contributed by atoms with Crippen molar-refractivity contribution >= 4 is 5.91 Å². The first-order valence-electron chi connectivity index (χ1n) is 21.5. The van der Waals surface area contributed by atoms with E-state index in [1.165, 1.54) is 122 Å². The van der Waals surface area contributed by atoms with Gasteiger partial charge in [-0.1, -0.05) is 180 Å². The number of amides is 1. The SMILES string of the molecule is CCCCCCCCCCCCC/C=C/[C@@H](O)[C@H](CO[C@@H]1O[C@H](CO)[C@H](O)C(O)C1O)NC(=O)[C@H](O)CCCCCCCCCCCCCCCC. The standard InChI is InChI=1S/C42H81NO9/c1-3-5-7-9-11-13-15-17-19-21-23-25-27-29-31-36(46)41(50)43-34(33-51-42-40(49)39(48)38(47)37(32-44)52-42)35(45)30-28-26-24-22-20-18-16-14-12-10-8-6-4-2/h28,30,34-40,42,44-49H,3-27,29,31-33H2,1-2H3,(H,43,50)/b30-28+/t34-,35+,36+,37+,38-,39?,40?,42+/m0/s1. The summed E-state index contributed by atoms with van der Waals surface area (Å²) in [5.41, 5.74) is 0. The van der Waals surface area contributed by atoms with Crippen molar-refractivity contribution in [3.05, 3.63) is 12.2 Å².